The number of nitrogens with zero attached hydrogens (tertiary/aromatic N) is 1. The fourth-order valence-electron chi connectivity index (χ4n) is 1.12. The second-order valence-corrected chi connectivity index (χ2v) is 3.87. The Morgan fingerprint density at radius 3 is 3.15 bits per heavy atom. The topological polar surface area (TPSA) is 40.7 Å². The Morgan fingerprint density at radius 1 is 1.62 bits per heavy atom. The van der Waals surface area contributed by atoms with Crippen LogP contribution in [0, 0.1) is 6.92 Å². The van der Waals surface area contributed by atoms with E-state index in [1.807, 2.05) is 6.20 Å². The number of hydrogen-bond donors (Lipinski definition) is 2. The highest BCUT2D eigenvalue weighted by molar-refractivity contribution is 7.10. The van der Waals surface area contributed by atoms with Gasteiger partial charge >= 0.3 is 0 Å². The summed E-state index contributed by atoms with van der Waals surface area (Å²) >= 11 is 1.78. The van der Waals surface area contributed by atoms with E-state index in [9.17, 15) is 0 Å². The van der Waals surface area contributed by atoms with Gasteiger partial charge in [0.2, 0.25) is 0 Å². The van der Waals surface area contributed by atoms with Crippen LogP contribution >= 0.6 is 11.3 Å². The first-order valence-electron chi connectivity index (χ1n) is 4.12. The van der Waals surface area contributed by atoms with Gasteiger partial charge in [-0.25, -0.2) is 0 Å². The molecule has 0 unspecified atom stereocenters. The summed E-state index contributed by atoms with van der Waals surface area (Å²) in [5.41, 5.74) is 2.38. The molecule has 0 saturated heterocycles. The maximum Gasteiger partial charge on any atom is 0.0726 e. The van der Waals surface area contributed by atoms with Crippen LogP contribution in [0.4, 0.5) is 5.69 Å². The molecule has 2 aromatic heterocycles. The second kappa shape index (κ2) is 3.62. The first kappa shape index (κ1) is 8.31. The number of hydrogen-bond acceptors (Lipinski definition) is 3. The van der Waals surface area contributed by atoms with Gasteiger partial charge in [-0.15, -0.1) is 11.3 Å². The molecule has 3 nitrogen and oxygen atoms in total. The summed E-state index contributed by atoms with van der Waals surface area (Å²) in [7, 11) is 0. The van der Waals surface area contributed by atoms with E-state index in [-0.39, 0.29) is 0 Å². The third-order valence-electron chi connectivity index (χ3n) is 1.92. The third kappa shape index (κ3) is 1.89. The molecule has 0 radical (unpaired) electrons. The number of H-pyrrole nitrogens is 1. The average molecular weight is 193 g/mol. The van der Waals surface area contributed by atoms with Gasteiger partial charge in [-0.05, 0) is 23.9 Å². The molecule has 0 fully saturated rings. The summed E-state index contributed by atoms with van der Waals surface area (Å²) in [4.78, 5) is 1.38. The van der Waals surface area contributed by atoms with E-state index >= 15 is 0 Å². The van der Waals surface area contributed by atoms with E-state index in [1.54, 1.807) is 17.5 Å². The SMILES string of the molecule is Cc1ccsc1CNc1cn[nH]c1. The molecule has 0 spiro atoms. The molecule has 4 heteroatoms. The van der Waals surface area contributed by atoms with Crippen LogP contribution in [0.15, 0.2) is 23.8 Å². The summed E-state index contributed by atoms with van der Waals surface area (Å²) in [5.74, 6) is 0. The molecule has 0 saturated carbocycles. The van der Waals surface area contributed by atoms with Gasteiger partial charge in [0, 0.05) is 17.6 Å². The normalized spacial score (nSPS) is 10.2. The second-order valence-electron chi connectivity index (χ2n) is 2.87. The molecular weight excluding hydrogens is 182 g/mol. The van der Waals surface area contributed by atoms with E-state index in [0.717, 1.165) is 12.2 Å². The van der Waals surface area contributed by atoms with Gasteiger partial charge in [0.25, 0.3) is 0 Å². The summed E-state index contributed by atoms with van der Waals surface area (Å²) in [6.07, 6.45) is 3.63. The Hall–Kier alpha value is -1.29. The van der Waals surface area contributed by atoms with Gasteiger partial charge in [0.15, 0.2) is 0 Å². The molecule has 2 aromatic rings. The van der Waals surface area contributed by atoms with Gasteiger partial charge in [-0.1, -0.05) is 0 Å². The lowest BCUT2D eigenvalue weighted by Crippen LogP contribution is -1.96. The quantitative estimate of drug-likeness (QED) is 0.785. The van der Waals surface area contributed by atoms with E-state index in [2.05, 4.69) is 33.9 Å². The number of aromatic nitrogens is 2. The third-order valence-corrected chi connectivity index (χ3v) is 2.94. The van der Waals surface area contributed by atoms with Crippen molar-refractivity contribution in [1.29, 1.82) is 0 Å². The predicted octanol–water partition coefficient (Wildman–Crippen LogP) is 2.39. The van der Waals surface area contributed by atoms with E-state index < -0.39 is 0 Å². The monoisotopic (exact) mass is 193 g/mol. The van der Waals surface area contributed by atoms with Crippen molar-refractivity contribution in [2.24, 2.45) is 0 Å². The van der Waals surface area contributed by atoms with Crippen LogP contribution in [0.2, 0.25) is 0 Å². The number of thiophene rings is 1. The molecule has 68 valence electrons. The maximum absolute atomic E-state index is 3.86. The lowest BCUT2D eigenvalue weighted by Gasteiger charge is -2.01. The highest BCUT2D eigenvalue weighted by atomic mass is 32.1. The summed E-state index contributed by atoms with van der Waals surface area (Å²) in [6.45, 7) is 3.01. The maximum atomic E-state index is 3.86. The Labute approximate surface area is 80.8 Å². The van der Waals surface area contributed by atoms with Gasteiger partial charge < -0.3 is 5.32 Å². The first-order valence-corrected chi connectivity index (χ1v) is 5.00. The molecule has 0 bridgehead atoms. The Bertz CT molecular complexity index is 364. The molecule has 0 amide bonds. The van der Waals surface area contributed by atoms with Crippen molar-refractivity contribution in [2.45, 2.75) is 13.5 Å². The van der Waals surface area contributed by atoms with Crippen molar-refractivity contribution in [2.75, 3.05) is 5.32 Å². The van der Waals surface area contributed by atoms with Crippen molar-refractivity contribution in [1.82, 2.24) is 10.2 Å². The Kier molecular flexibility index (Phi) is 2.31. The van der Waals surface area contributed by atoms with Crippen LogP contribution in [-0.4, -0.2) is 10.2 Å². The van der Waals surface area contributed by atoms with Crippen LogP contribution in [-0.2, 0) is 6.54 Å². The van der Waals surface area contributed by atoms with E-state index in [0.29, 0.717) is 0 Å². The highest BCUT2D eigenvalue weighted by Crippen LogP contribution is 2.16. The molecule has 0 aliphatic rings. The Morgan fingerprint density at radius 2 is 2.54 bits per heavy atom. The fraction of sp³-hybridized carbons (Fsp3) is 0.222. The zero-order valence-electron chi connectivity index (χ0n) is 7.37. The number of rotatable bonds is 3. The lowest BCUT2D eigenvalue weighted by atomic mass is 10.3. The summed E-state index contributed by atoms with van der Waals surface area (Å²) in [6, 6.07) is 2.14. The van der Waals surface area contributed by atoms with E-state index in [4.69, 9.17) is 0 Å². The Balaban J connectivity index is 1.97. The number of anilines is 1. The molecule has 0 aliphatic carbocycles. The average Bonchev–Trinajstić information content (AvgIpc) is 2.72. The standard InChI is InChI=1S/C9H11N3S/c1-7-2-3-13-9(7)6-10-8-4-11-12-5-8/h2-5,10H,6H2,1H3,(H,11,12). The smallest absolute Gasteiger partial charge is 0.0726 e. The van der Waals surface area contributed by atoms with Crippen LogP contribution in [0.1, 0.15) is 10.4 Å². The van der Waals surface area contributed by atoms with Crippen LogP contribution < -0.4 is 5.32 Å². The van der Waals surface area contributed by atoms with Gasteiger partial charge in [0.1, 0.15) is 0 Å². The molecule has 0 atom stereocenters. The minimum absolute atomic E-state index is 0.878. The zero-order valence-corrected chi connectivity index (χ0v) is 8.19. The van der Waals surface area contributed by atoms with Gasteiger partial charge in [-0.3, -0.25) is 5.10 Å². The van der Waals surface area contributed by atoms with Crippen LogP contribution in [0.25, 0.3) is 0 Å². The van der Waals surface area contributed by atoms with E-state index in [1.165, 1.54) is 10.4 Å². The summed E-state index contributed by atoms with van der Waals surface area (Å²) < 4.78 is 0. The molecule has 0 aliphatic heterocycles. The molecule has 13 heavy (non-hydrogen) atoms. The molecule has 2 N–H and O–H groups in total. The van der Waals surface area contributed by atoms with Crippen LogP contribution in [0.3, 0.4) is 0 Å². The van der Waals surface area contributed by atoms with Crippen molar-refractivity contribution in [3.63, 3.8) is 0 Å². The first-order chi connectivity index (χ1) is 6.36. The number of aryl methyl sites for hydroxylation is 1. The zero-order chi connectivity index (χ0) is 9.10. The lowest BCUT2D eigenvalue weighted by molar-refractivity contribution is 1.09. The molecule has 2 rings (SSSR count). The predicted molar refractivity (Wildman–Crippen MR) is 55.0 cm³/mol. The van der Waals surface area contributed by atoms with Crippen LogP contribution in [0.5, 0.6) is 0 Å². The molecule has 0 aromatic carbocycles. The minimum atomic E-state index is 0.878. The number of aromatic amines is 1. The highest BCUT2D eigenvalue weighted by Gasteiger charge is 1.99. The van der Waals surface area contributed by atoms with Crippen molar-refractivity contribution in [3.8, 4) is 0 Å². The molecule has 2 heterocycles. The van der Waals surface area contributed by atoms with Gasteiger partial charge in [-0.2, -0.15) is 5.10 Å². The number of nitrogens with one attached hydrogen (secondary N) is 2. The minimum Gasteiger partial charge on any atom is -0.378 e. The van der Waals surface area contributed by atoms with Crippen molar-refractivity contribution >= 4 is 17.0 Å². The molecular formula is C9H11N3S. The van der Waals surface area contributed by atoms with Crippen molar-refractivity contribution in [3.05, 3.63) is 34.3 Å². The fourth-order valence-corrected chi connectivity index (χ4v) is 1.96. The van der Waals surface area contributed by atoms with Crippen molar-refractivity contribution < 1.29 is 0 Å². The summed E-state index contributed by atoms with van der Waals surface area (Å²) in [5, 5.41) is 12.0. The van der Waals surface area contributed by atoms with Gasteiger partial charge in [0.05, 0.1) is 11.9 Å². The largest absolute Gasteiger partial charge is 0.378 e.